The number of hydrogen-bond donors (Lipinski definition) is 0. The number of benzene rings is 1. The Morgan fingerprint density at radius 3 is 2.63 bits per heavy atom. The van der Waals surface area contributed by atoms with E-state index in [1.807, 2.05) is 0 Å². The summed E-state index contributed by atoms with van der Waals surface area (Å²) in [5, 5.41) is 0. The Morgan fingerprint density at radius 1 is 1.37 bits per heavy atom. The number of rotatable bonds is 6. The molecule has 6 heteroatoms. The van der Waals surface area contributed by atoms with E-state index in [4.69, 9.17) is 14.2 Å². The minimum atomic E-state index is -4.48. The van der Waals surface area contributed by atoms with Gasteiger partial charge < -0.3 is 14.2 Å². The molecule has 2 atom stereocenters. The van der Waals surface area contributed by atoms with Crippen LogP contribution < -0.4 is 4.74 Å². The summed E-state index contributed by atoms with van der Waals surface area (Å²) in [5.41, 5.74) is -0.00231. The molecule has 1 fully saturated rings. The van der Waals surface area contributed by atoms with E-state index in [2.05, 4.69) is 0 Å². The average molecular weight is 276 g/mol. The average Bonchev–Trinajstić information content (AvgIpc) is 3.14. The Labute approximate surface area is 109 Å². The smallest absolute Gasteiger partial charge is 0.418 e. The summed E-state index contributed by atoms with van der Waals surface area (Å²) in [6.45, 7) is 2.41. The van der Waals surface area contributed by atoms with Crippen LogP contribution in [0.2, 0.25) is 0 Å². The van der Waals surface area contributed by atoms with Gasteiger partial charge in [-0.15, -0.1) is 0 Å². The first-order chi connectivity index (χ1) is 9.02. The van der Waals surface area contributed by atoms with Gasteiger partial charge in [0.2, 0.25) is 0 Å². The van der Waals surface area contributed by atoms with Gasteiger partial charge >= 0.3 is 6.18 Å². The standard InChI is InChI=1S/C13H15F3O3/c1-2-17-11-6-4-3-5-10(11)12(13(14,15)16)19-8-9-7-18-9/h3-6,9,12H,2,7-8H2,1H3/t9-,12+/m0/s1. The largest absolute Gasteiger partial charge is 0.493 e. The van der Waals surface area contributed by atoms with Crippen LogP contribution in [0.1, 0.15) is 18.6 Å². The van der Waals surface area contributed by atoms with Crippen molar-refractivity contribution in [1.29, 1.82) is 0 Å². The molecule has 1 aliphatic heterocycles. The van der Waals surface area contributed by atoms with Crippen molar-refractivity contribution in [2.75, 3.05) is 19.8 Å². The fraction of sp³-hybridized carbons (Fsp3) is 0.538. The van der Waals surface area contributed by atoms with E-state index < -0.39 is 12.3 Å². The molecular weight excluding hydrogens is 261 g/mol. The molecule has 1 aromatic carbocycles. The zero-order valence-electron chi connectivity index (χ0n) is 10.4. The quantitative estimate of drug-likeness (QED) is 0.748. The Hall–Kier alpha value is -1.27. The molecule has 106 valence electrons. The van der Waals surface area contributed by atoms with Gasteiger partial charge in [-0.3, -0.25) is 0 Å². The molecule has 0 amide bonds. The van der Waals surface area contributed by atoms with Gasteiger partial charge in [0, 0.05) is 5.56 Å². The zero-order valence-corrected chi connectivity index (χ0v) is 10.4. The van der Waals surface area contributed by atoms with Crippen molar-refractivity contribution in [3.63, 3.8) is 0 Å². The van der Waals surface area contributed by atoms with Crippen molar-refractivity contribution in [2.45, 2.75) is 25.3 Å². The second-order valence-corrected chi connectivity index (χ2v) is 4.18. The predicted molar refractivity (Wildman–Crippen MR) is 62.1 cm³/mol. The maximum Gasteiger partial charge on any atom is 0.418 e. The highest BCUT2D eigenvalue weighted by molar-refractivity contribution is 5.36. The lowest BCUT2D eigenvalue weighted by molar-refractivity contribution is -0.225. The van der Waals surface area contributed by atoms with Crippen LogP contribution in [0.3, 0.4) is 0 Å². The summed E-state index contributed by atoms with van der Waals surface area (Å²) < 4.78 is 54.3. The predicted octanol–water partition coefficient (Wildman–Crippen LogP) is 3.10. The topological polar surface area (TPSA) is 31.0 Å². The van der Waals surface area contributed by atoms with Crippen LogP contribution in [0.4, 0.5) is 13.2 Å². The molecule has 0 unspecified atom stereocenters. The van der Waals surface area contributed by atoms with Gasteiger partial charge in [0.25, 0.3) is 0 Å². The minimum absolute atomic E-state index is 0.00231. The van der Waals surface area contributed by atoms with Gasteiger partial charge in [-0.2, -0.15) is 13.2 Å². The highest BCUT2D eigenvalue weighted by Gasteiger charge is 2.44. The van der Waals surface area contributed by atoms with Gasteiger partial charge in [0.1, 0.15) is 11.9 Å². The van der Waals surface area contributed by atoms with Crippen LogP contribution >= 0.6 is 0 Å². The lowest BCUT2D eigenvalue weighted by Crippen LogP contribution is -2.25. The van der Waals surface area contributed by atoms with E-state index in [0.29, 0.717) is 13.2 Å². The molecule has 1 heterocycles. The highest BCUT2D eigenvalue weighted by Crippen LogP contribution is 2.40. The van der Waals surface area contributed by atoms with Crippen LogP contribution in [0.15, 0.2) is 24.3 Å². The number of ether oxygens (including phenoxy) is 3. The van der Waals surface area contributed by atoms with E-state index in [0.717, 1.165) is 0 Å². The molecule has 2 rings (SSSR count). The maximum absolute atomic E-state index is 13.1. The van der Waals surface area contributed by atoms with E-state index in [9.17, 15) is 13.2 Å². The van der Waals surface area contributed by atoms with Crippen molar-refractivity contribution in [3.8, 4) is 5.75 Å². The zero-order chi connectivity index (χ0) is 13.9. The number of hydrogen-bond acceptors (Lipinski definition) is 3. The lowest BCUT2D eigenvalue weighted by atomic mass is 10.1. The number of epoxide rings is 1. The second kappa shape index (κ2) is 5.79. The molecule has 0 aromatic heterocycles. The molecule has 1 aromatic rings. The van der Waals surface area contributed by atoms with Crippen LogP contribution in [-0.2, 0) is 9.47 Å². The highest BCUT2D eigenvalue weighted by atomic mass is 19.4. The Morgan fingerprint density at radius 2 is 2.05 bits per heavy atom. The normalized spacial score (nSPS) is 20.1. The van der Waals surface area contributed by atoms with Crippen molar-refractivity contribution in [1.82, 2.24) is 0 Å². The maximum atomic E-state index is 13.1. The molecule has 0 radical (unpaired) electrons. The third-order valence-corrected chi connectivity index (χ3v) is 2.65. The molecule has 3 nitrogen and oxygen atoms in total. The van der Waals surface area contributed by atoms with Crippen molar-refractivity contribution < 1.29 is 27.4 Å². The van der Waals surface area contributed by atoms with Crippen LogP contribution in [0.25, 0.3) is 0 Å². The number of halogens is 3. The van der Waals surface area contributed by atoms with Gasteiger partial charge in [-0.05, 0) is 13.0 Å². The fourth-order valence-corrected chi connectivity index (χ4v) is 1.71. The van der Waals surface area contributed by atoms with Crippen molar-refractivity contribution in [2.24, 2.45) is 0 Å². The third kappa shape index (κ3) is 3.84. The Balaban J connectivity index is 2.20. The van der Waals surface area contributed by atoms with E-state index >= 15 is 0 Å². The Bertz CT molecular complexity index is 416. The van der Waals surface area contributed by atoms with Gasteiger partial charge in [-0.1, -0.05) is 18.2 Å². The molecule has 1 aliphatic rings. The van der Waals surface area contributed by atoms with Crippen LogP contribution in [-0.4, -0.2) is 32.1 Å². The summed E-state index contributed by atoms with van der Waals surface area (Å²) >= 11 is 0. The van der Waals surface area contributed by atoms with Crippen LogP contribution in [0.5, 0.6) is 5.75 Å². The van der Waals surface area contributed by atoms with Crippen LogP contribution in [0, 0.1) is 0 Å². The first-order valence-electron chi connectivity index (χ1n) is 6.04. The first kappa shape index (κ1) is 14.1. The van der Waals surface area contributed by atoms with Gasteiger partial charge in [0.15, 0.2) is 6.10 Å². The SMILES string of the molecule is CCOc1ccccc1[C@@H](OC[C@@H]1CO1)C(F)(F)F. The summed E-state index contributed by atoms with van der Waals surface area (Å²) in [6, 6.07) is 6.05. The van der Waals surface area contributed by atoms with Gasteiger partial charge in [0.05, 0.1) is 19.8 Å². The minimum Gasteiger partial charge on any atom is -0.493 e. The van der Waals surface area contributed by atoms with Gasteiger partial charge in [-0.25, -0.2) is 0 Å². The molecule has 19 heavy (non-hydrogen) atoms. The van der Waals surface area contributed by atoms with E-state index in [1.54, 1.807) is 13.0 Å². The molecule has 1 saturated heterocycles. The molecule has 0 aliphatic carbocycles. The molecule has 0 bridgehead atoms. The summed E-state index contributed by atoms with van der Waals surface area (Å²) in [6.07, 6.45) is -6.69. The van der Waals surface area contributed by atoms with Crippen molar-refractivity contribution in [3.05, 3.63) is 29.8 Å². The number of alkyl halides is 3. The lowest BCUT2D eigenvalue weighted by Gasteiger charge is -2.23. The fourth-order valence-electron chi connectivity index (χ4n) is 1.71. The van der Waals surface area contributed by atoms with E-state index in [1.165, 1.54) is 18.2 Å². The monoisotopic (exact) mass is 276 g/mol. The summed E-state index contributed by atoms with van der Waals surface area (Å²) in [7, 11) is 0. The summed E-state index contributed by atoms with van der Waals surface area (Å²) in [5.74, 6) is 0.198. The van der Waals surface area contributed by atoms with E-state index in [-0.39, 0.29) is 24.0 Å². The Kier molecular flexibility index (Phi) is 4.31. The molecule has 0 N–H and O–H groups in total. The number of para-hydroxylation sites is 1. The van der Waals surface area contributed by atoms with Crippen molar-refractivity contribution >= 4 is 0 Å². The molecular formula is C13H15F3O3. The first-order valence-corrected chi connectivity index (χ1v) is 6.04. The second-order valence-electron chi connectivity index (χ2n) is 4.18. The molecule has 0 spiro atoms. The summed E-state index contributed by atoms with van der Waals surface area (Å²) in [4.78, 5) is 0. The third-order valence-electron chi connectivity index (χ3n) is 2.65. The molecule has 0 saturated carbocycles.